The van der Waals surface area contributed by atoms with Crippen molar-refractivity contribution in [3.63, 3.8) is 0 Å². The van der Waals surface area contributed by atoms with Crippen molar-refractivity contribution in [1.82, 2.24) is 0 Å². The Hall–Kier alpha value is -4.19. The first kappa shape index (κ1) is 24.8. The number of nitrogens with one attached hydrogen (secondary N) is 1. The third kappa shape index (κ3) is 4.05. The lowest BCUT2D eigenvalue weighted by Crippen LogP contribution is -2.40. The Morgan fingerprint density at radius 3 is 1.98 bits per heavy atom. The number of carbonyl (C=O) groups excluding carboxylic acids is 3. The van der Waals surface area contributed by atoms with Gasteiger partial charge in [-0.15, -0.1) is 0 Å². The second kappa shape index (κ2) is 8.91. The monoisotopic (exact) mass is 532 g/mol. The van der Waals surface area contributed by atoms with E-state index in [1.807, 2.05) is 12.1 Å². The van der Waals surface area contributed by atoms with Crippen molar-refractivity contribution in [2.45, 2.75) is 32.6 Å². The molecule has 0 unspecified atom stereocenters. The molecule has 202 valence electrons. The summed E-state index contributed by atoms with van der Waals surface area (Å²) in [7, 11) is 0. The van der Waals surface area contributed by atoms with Crippen LogP contribution in [-0.4, -0.2) is 17.7 Å². The molecule has 3 aromatic carbocycles. The van der Waals surface area contributed by atoms with Crippen molar-refractivity contribution in [3.8, 4) is 11.5 Å². The van der Waals surface area contributed by atoms with Crippen LogP contribution in [0.5, 0.6) is 11.5 Å². The molecule has 2 bridgehead atoms. The summed E-state index contributed by atoms with van der Waals surface area (Å²) >= 11 is 0. The molecular formula is C34H32N2O4. The number of nitrogens with zero attached hydrogens (tertiary/aromatic N) is 1. The number of ether oxygens (including phenoxy) is 1. The maximum Gasteiger partial charge on any atom is 0.255 e. The lowest BCUT2D eigenvalue weighted by atomic mass is 9.63. The maximum absolute atomic E-state index is 13.5. The number of allylic oxidation sites excluding steroid dienone is 2. The van der Waals surface area contributed by atoms with Crippen molar-refractivity contribution in [3.05, 3.63) is 96.1 Å². The second-order valence-electron chi connectivity index (χ2n) is 12.6. The van der Waals surface area contributed by atoms with Crippen LogP contribution in [0.1, 0.15) is 43.1 Å². The molecule has 8 rings (SSSR count). The first-order valence-corrected chi connectivity index (χ1v) is 14.0. The molecule has 6 nitrogen and oxygen atoms in total. The van der Waals surface area contributed by atoms with Crippen molar-refractivity contribution < 1.29 is 19.1 Å². The van der Waals surface area contributed by atoms with Crippen LogP contribution in [0.25, 0.3) is 0 Å². The summed E-state index contributed by atoms with van der Waals surface area (Å²) in [4.78, 5) is 41.3. The van der Waals surface area contributed by atoms with Gasteiger partial charge in [-0.2, -0.15) is 0 Å². The maximum atomic E-state index is 13.5. The van der Waals surface area contributed by atoms with E-state index in [0.29, 0.717) is 34.5 Å². The topological polar surface area (TPSA) is 75.7 Å². The van der Waals surface area contributed by atoms with Gasteiger partial charge in [-0.05, 0) is 95.7 Å². The highest BCUT2D eigenvalue weighted by Gasteiger charge is 2.67. The summed E-state index contributed by atoms with van der Waals surface area (Å²) in [6.07, 6.45) is 5.46. The number of imide groups is 1. The minimum Gasteiger partial charge on any atom is -0.457 e. The van der Waals surface area contributed by atoms with E-state index in [2.05, 4.69) is 50.4 Å². The molecule has 3 amide bonds. The number of rotatable bonds is 5. The predicted molar refractivity (Wildman–Crippen MR) is 153 cm³/mol. The van der Waals surface area contributed by atoms with Crippen LogP contribution in [0, 0.1) is 35.5 Å². The Morgan fingerprint density at radius 1 is 0.825 bits per heavy atom. The lowest BCUT2D eigenvalue weighted by Gasteiger charge is -2.37. The van der Waals surface area contributed by atoms with Crippen LogP contribution in [0.3, 0.4) is 0 Å². The summed E-state index contributed by atoms with van der Waals surface area (Å²) in [6.45, 7) is 6.52. The zero-order valence-electron chi connectivity index (χ0n) is 22.8. The molecule has 1 heterocycles. The molecule has 0 radical (unpaired) electrons. The predicted octanol–water partition coefficient (Wildman–Crippen LogP) is 6.59. The molecule has 0 spiro atoms. The molecule has 6 heteroatoms. The highest BCUT2D eigenvalue weighted by molar-refractivity contribution is 6.23. The minimum atomic E-state index is -0.312. The standard InChI is InChI=1S/C34H32N2O4/c1-34(2,3)20-7-11-23(12-8-20)40-24-13-9-21(10-14-24)35-31(37)19-5-4-6-22(17-19)36-32(38)29-25-15-16-26(28-18-27(25)28)30(29)33(36)39/h4-17,25-30H,18H2,1-3H3,(H,35,37)/t25-,26-,27-,28-,29+,30+/m0/s1. The van der Waals surface area contributed by atoms with Crippen LogP contribution < -0.4 is 15.0 Å². The highest BCUT2D eigenvalue weighted by atomic mass is 16.5. The van der Waals surface area contributed by atoms with Gasteiger partial charge in [-0.1, -0.05) is 51.1 Å². The van der Waals surface area contributed by atoms with E-state index in [1.165, 1.54) is 10.5 Å². The van der Waals surface area contributed by atoms with Gasteiger partial charge >= 0.3 is 0 Å². The van der Waals surface area contributed by atoms with Crippen molar-refractivity contribution in [2.75, 3.05) is 10.2 Å². The quantitative estimate of drug-likeness (QED) is 0.297. The molecule has 40 heavy (non-hydrogen) atoms. The van der Waals surface area contributed by atoms with Gasteiger partial charge in [-0.3, -0.25) is 14.4 Å². The number of carbonyl (C=O) groups is 3. The Labute approximate surface area is 234 Å². The van der Waals surface area contributed by atoms with E-state index in [-0.39, 0.29) is 46.8 Å². The normalized spacial score (nSPS) is 27.8. The van der Waals surface area contributed by atoms with Crippen molar-refractivity contribution in [2.24, 2.45) is 35.5 Å². The number of amides is 3. The van der Waals surface area contributed by atoms with Gasteiger partial charge < -0.3 is 10.1 Å². The Bertz CT molecular complexity index is 1510. The molecule has 5 aliphatic rings. The first-order chi connectivity index (χ1) is 19.2. The fraction of sp³-hybridized carbons (Fsp3) is 0.324. The van der Waals surface area contributed by atoms with Crippen LogP contribution in [-0.2, 0) is 15.0 Å². The van der Waals surface area contributed by atoms with Gasteiger partial charge in [0.05, 0.1) is 17.5 Å². The zero-order valence-corrected chi connectivity index (χ0v) is 22.8. The smallest absolute Gasteiger partial charge is 0.255 e. The summed E-state index contributed by atoms with van der Waals surface area (Å²) in [5.41, 5.74) is 2.78. The largest absolute Gasteiger partial charge is 0.457 e. The van der Waals surface area contributed by atoms with Crippen molar-refractivity contribution >= 4 is 29.1 Å². The summed E-state index contributed by atoms with van der Waals surface area (Å²) in [6, 6.07) is 22.0. The molecule has 4 aliphatic carbocycles. The van der Waals surface area contributed by atoms with Crippen LogP contribution in [0.2, 0.25) is 0 Å². The third-order valence-corrected chi connectivity index (χ3v) is 9.10. The molecular weight excluding hydrogens is 500 g/mol. The SMILES string of the molecule is CC(C)(C)c1ccc(Oc2ccc(NC(=O)c3cccc(N4C(=O)[C@@H]5[C@H]6C=C[C@@H]([C@@H]7C[C@@H]67)[C@H]5C4=O)c3)cc2)cc1. The van der Waals surface area contributed by atoms with Crippen LogP contribution in [0.4, 0.5) is 11.4 Å². The Balaban J connectivity index is 1.03. The fourth-order valence-corrected chi connectivity index (χ4v) is 6.97. The summed E-state index contributed by atoms with van der Waals surface area (Å²) in [5, 5.41) is 2.91. The number of hydrogen-bond donors (Lipinski definition) is 1. The van der Waals surface area contributed by atoms with E-state index >= 15 is 0 Å². The Morgan fingerprint density at radius 2 is 1.40 bits per heavy atom. The molecule has 1 N–H and O–H groups in total. The molecule has 0 aromatic heterocycles. The number of anilines is 2. The van der Waals surface area contributed by atoms with Crippen LogP contribution in [0.15, 0.2) is 84.9 Å². The number of hydrogen-bond acceptors (Lipinski definition) is 4. The first-order valence-electron chi connectivity index (χ1n) is 14.0. The number of benzene rings is 3. The lowest BCUT2D eigenvalue weighted by molar-refractivity contribution is -0.124. The van der Waals surface area contributed by atoms with Crippen LogP contribution >= 0.6 is 0 Å². The van der Waals surface area contributed by atoms with Gasteiger partial charge in [0.25, 0.3) is 5.91 Å². The minimum absolute atomic E-state index is 0.0766. The molecule has 2 saturated carbocycles. The van der Waals surface area contributed by atoms with Gasteiger partial charge in [0.1, 0.15) is 11.5 Å². The van der Waals surface area contributed by atoms with E-state index in [9.17, 15) is 14.4 Å². The molecule has 3 aromatic rings. The Kier molecular flexibility index (Phi) is 5.53. The van der Waals surface area contributed by atoms with Crippen molar-refractivity contribution in [1.29, 1.82) is 0 Å². The average Bonchev–Trinajstić information content (AvgIpc) is 3.72. The summed E-state index contributed by atoms with van der Waals surface area (Å²) < 4.78 is 5.97. The van der Waals surface area contributed by atoms with Gasteiger partial charge in [0.2, 0.25) is 11.8 Å². The summed E-state index contributed by atoms with van der Waals surface area (Å²) in [5.74, 6) is 1.76. The molecule has 6 atom stereocenters. The van der Waals surface area contributed by atoms with Gasteiger partial charge in [-0.25, -0.2) is 4.90 Å². The van der Waals surface area contributed by atoms with E-state index in [0.717, 1.165) is 12.2 Å². The van der Waals surface area contributed by atoms with E-state index in [4.69, 9.17) is 4.74 Å². The van der Waals surface area contributed by atoms with E-state index in [1.54, 1.807) is 48.5 Å². The third-order valence-electron chi connectivity index (χ3n) is 9.10. The van der Waals surface area contributed by atoms with Gasteiger partial charge in [0.15, 0.2) is 0 Å². The second-order valence-corrected chi connectivity index (χ2v) is 12.6. The molecule has 1 saturated heterocycles. The van der Waals surface area contributed by atoms with E-state index < -0.39 is 0 Å². The zero-order chi connectivity index (χ0) is 27.8. The molecule has 3 fully saturated rings. The molecule has 1 aliphatic heterocycles. The van der Waals surface area contributed by atoms with Gasteiger partial charge in [0, 0.05) is 11.3 Å². The fourth-order valence-electron chi connectivity index (χ4n) is 6.97. The average molecular weight is 533 g/mol. The highest BCUT2D eigenvalue weighted by Crippen LogP contribution is 2.65.